The summed E-state index contributed by atoms with van der Waals surface area (Å²) in [5, 5.41) is 11.5. The minimum atomic E-state index is -1.02. The Morgan fingerprint density at radius 1 is 0.914 bits per heavy atom. The van der Waals surface area contributed by atoms with Crippen LogP contribution in [-0.4, -0.2) is 48.1 Å². The van der Waals surface area contributed by atoms with Crippen LogP contribution in [0.1, 0.15) is 103 Å². The van der Waals surface area contributed by atoms with E-state index in [0.717, 1.165) is 12.8 Å². The van der Waals surface area contributed by atoms with Gasteiger partial charge in [0.25, 0.3) is 0 Å². The molecule has 1 aromatic rings. The van der Waals surface area contributed by atoms with Crippen molar-refractivity contribution in [1.29, 1.82) is 0 Å². The lowest BCUT2D eigenvalue weighted by Gasteiger charge is -2.19. The second-order valence-electron chi connectivity index (χ2n) is 9.08. The van der Waals surface area contributed by atoms with Gasteiger partial charge in [0.15, 0.2) is 5.82 Å². The van der Waals surface area contributed by atoms with Crippen LogP contribution in [0.15, 0.2) is 18.3 Å². The zero-order valence-corrected chi connectivity index (χ0v) is 21.7. The number of nitrogens with zero attached hydrogens (tertiary/aromatic N) is 2. The number of ketones is 1. The van der Waals surface area contributed by atoms with E-state index in [9.17, 15) is 14.4 Å². The van der Waals surface area contributed by atoms with Gasteiger partial charge < -0.3 is 15.2 Å². The van der Waals surface area contributed by atoms with Gasteiger partial charge in [-0.3, -0.25) is 14.5 Å². The number of ether oxygens (including phenoxy) is 1. The van der Waals surface area contributed by atoms with Crippen molar-refractivity contribution in [3.63, 3.8) is 0 Å². The molecule has 0 bridgehead atoms. The number of aromatic nitrogens is 1. The Morgan fingerprint density at radius 3 is 2.06 bits per heavy atom. The molecule has 0 radical (unpaired) electrons. The zero-order chi connectivity index (χ0) is 25.7. The molecule has 0 atom stereocenters. The topological polar surface area (TPSA) is 109 Å². The van der Waals surface area contributed by atoms with E-state index in [0.29, 0.717) is 12.1 Å². The van der Waals surface area contributed by atoms with Crippen LogP contribution in [0.25, 0.3) is 0 Å². The van der Waals surface area contributed by atoms with Gasteiger partial charge in [-0.1, -0.05) is 84.0 Å². The number of hydrogen-bond acceptors (Lipinski definition) is 6. The number of nitrogens with one attached hydrogen (secondary N) is 1. The number of carboxylic acid groups (broad SMARTS) is 1. The summed E-state index contributed by atoms with van der Waals surface area (Å²) in [4.78, 5) is 40.5. The smallest absolute Gasteiger partial charge is 0.415 e. The highest BCUT2D eigenvalue weighted by atomic mass is 16.6. The molecule has 0 unspecified atom stereocenters. The second kappa shape index (κ2) is 19.6. The maximum absolute atomic E-state index is 12.3. The predicted octanol–water partition coefficient (Wildman–Crippen LogP) is 6.59. The minimum absolute atomic E-state index is 0.0190. The van der Waals surface area contributed by atoms with E-state index in [1.807, 2.05) is 0 Å². The summed E-state index contributed by atoms with van der Waals surface area (Å²) in [5.74, 6) is -0.658. The molecule has 0 saturated carbocycles. The first-order valence-corrected chi connectivity index (χ1v) is 13.3. The Balaban J connectivity index is 2.08. The van der Waals surface area contributed by atoms with Gasteiger partial charge in [0.2, 0.25) is 0 Å². The summed E-state index contributed by atoms with van der Waals surface area (Å²) < 4.78 is 5.21. The van der Waals surface area contributed by atoms with Crippen LogP contribution in [0.4, 0.5) is 16.3 Å². The number of rotatable bonds is 21. The third-order valence-electron chi connectivity index (χ3n) is 5.97. The fourth-order valence-corrected chi connectivity index (χ4v) is 3.87. The molecule has 198 valence electrons. The first kappa shape index (κ1) is 30.4. The zero-order valence-electron chi connectivity index (χ0n) is 21.7. The molecule has 1 amide bonds. The Labute approximate surface area is 210 Å². The Hall–Kier alpha value is -2.64. The Morgan fingerprint density at radius 2 is 1.49 bits per heavy atom. The van der Waals surface area contributed by atoms with E-state index in [1.54, 1.807) is 12.1 Å². The summed E-state index contributed by atoms with van der Waals surface area (Å²) in [7, 11) is 1.49. The van der Waals surface area contributed by atoms with Gasteiger partial charge in [-0.2, -0.15) is 0 Å². The molecule has 0 aromatic carbocycles. The largest absolute Gasteiger partial charge is 0.480 e. The lowest BCUT2D eigenvalue weighted by Crippen LogP contribution is -2.29. The van der Waals surface area contributed by atoms with Gasteiger partial charge in [0, 0.05) is 26.1 Å². The maximum atomic E-state index is 12.3. The summed E-state index contributed by atoms with van der Waals surface area (Å²) in [6.45, 7) is 1.97. The average molecular weight is 492 g/mol. The number of unbranched alkanes of at least 4 members (excludes halogenated alkanes) is 12. The summed E-state index contributed by atoms with van der Waals surface area (Å²) in [5.41, 5.74) is 0.410. The summed E-state index contributed by atoms with van der Waals surface area (Å²) in [6, 6.07) is 3.27. The van der Waals surface area contributed by atoms with Crippen molar-refractivity contribution in [3.05, 3.63) is 18.3 Å². The number of amides is 1. The third kappa shape index (κ3) is 15.1. The molecule has 8 heteroatoms. The molecule has 2 N–H and O–H groups in total. The molecule has 1 heterocycles. The molecular weight excluding hydrogens is 446 g/mol. The van der Waals surface area contributed by atoms with Crippen LogP contribution >= 0.6 is 0 Å². The van der Waals surface area contributed by atoms with Crippen LogP contribution in [0.2, 0.25) is 0 Å². The Bertz CT molecular complexity index is 741. The summed E-state index contributed by atoms with van der Waals surface area (Å²) >= 11 is 0. The molecule has 0 saturated heterocycles. The fourth-order valence-electron chi connectivity index (χ4n) is 3.87. The maximum Gasteiger partial charge on any atom is 0.415 e. The fraction of sp³-hybridized carbons (Fsp3) is 0.704. The molecule has 0 fully saturated rings. The van der Waals surface area contributed by atoms with Gasteiger partial charge in [-0.25, -0.2) is 9.78 Å². The quantitative estimate of drug-likeness (QED) is 0.187. The summed E-state index contributed by atoms with van der Waals surface area (Å²) in [6.07, 6.45) is 18.1. The van der Waals surface area contributed by atoms with Crippen molar-refractivity contribution in [2.24, 2.45) is 0 Å². The monoisotopic (exact) mass is 491 g/mol. The molecule has 8 nitrogen and oxygen atoms in total. The molecule has 1 aromatic heterocycles. The number of carbonyl (C=O) groups is 3. The van der Waals surface area contributed by atoms with E-state index in [1.165, 1.54) is 88.8 Å². The number of hydrogen-bond donors (Lipinski definition) is 2. The molecule has 0 aliphatic heterocycles. The van der Waals surface area contributed by atoms with Crippen LogP contribution in [0.3, 0.4) is 0 Å². The van der Waals surface area contributed by atoms with Crippen LogP contribution in [0.5, 0.6) is 0 Å². The first-order valence-electron chi connectivity index (χ1n) is 13.3. The number of carboxylic acids is 1. The van der Waals surface area contributed by atoms with Crippen LogP contribution in [-0.2, 0) is 14.3 Å². The normalized spacial score (nSPS) is 10.7. The van der Waals surface area contributed by atoms with Crippen molar-refractivity contribution in [3.8, 4) is 0 Å². The van der Waals surface area contributed by atoms with Crippen molar-refractivity contribution in [2.45, 2.75) is 103 Å². The van der Waals surface area contributed by atoms with Crippen molar-refractivity contribution in [1.82, 2.24) is 4.98 Å². The molecule has 0 aliphatic carbocycles. The van der Waals surface area contributed by atoms with Crippen molar-refractivity contribution >= 4 is 29.4 Å². The van der Waals surface area contributed by atoms with E-state index in [2.05, 4.69) is 17.2 Å². The van der Waals surface area contributed by atoms with Crippen molar-refractivity contribution < 1.29 is 24.2 Å². The number of aliphatic carboxylic acids is 1. The lowest BCUT2D eigenvalue weighted by molar-refractivity contribution is -0.135. The molecule has 35 heavy (non-hydrogen) atoms. The molecule has 1 rings (SSSR count). The number of carbonyl (C=O) groups excluding carboxylic acids is 2. The Kier molecular flexibility index (Phi) is 17.1. The second-order valence-corrected chi connectivity index (χ2v) is 9.08. The first-order chi connectivity index (χ1) is 17.0. The third-order valence-corrected chi connectivity index (χ3v) is 5.97. The lowest BCUT2D eigenvalue weighted by atomic mass is 10.0. The van der Waals surface area contributed by atoms with E-state index in [-0.39, 0.29) is 31.2 Å². The van der Waals surface area contributed by atoms with E-state index >= 15 is 0 Å². The highest BCUT2D eigenvalue weighted by Gasteiger charge is 2.18. The number of anilines is 2. The van der Waals surface area contributed by atoms with Gasteiger partial charge >= 0.3 is 12.1 Å². The van der Waals surface area contributed by atoms with Crippen LogP contribution < -0.4 is 10.2 Å². The predicted molar refractivity (Wildman–Crippen MR) is 140 cm³/mol. The molecular formula is C27H45N3O5. The molecule has 0 spiro atoms. The average Bonchev–Trinajstić information content (AvgIpc) is 2.85. The van der Waals surface area contributed by atoms with E-state index in [4.69, 9.17) is 9.84 Å². The SMILES string of the molecule is CCCCCCCCCCCCCCCC(=O)CCOC(=O)N(C)c1ncccc1NCC(=O)O. The van der Waals surface area contributed by atoms with Gasteiger partial charge in [0.1, 0.15) is 18.9 Å². The molecule has 0 aliphatic rings. The van der Waals surface area contributed by atoms with Gasteiger partial charge in [-0.05, 0) is 18.6 Å². The van der Waals surface area contributed by atoms with Crippen molar-refractivity contribution in [2.75, 3.05) is 30.4 Å². The van der Waals surface area contributed by atoms with E-state index < -0.39 is 12.1 Å². The minimum Gasteiger partial charge on any atom is -0.480 e. The highest BCUT2D eigenvalue weighted by molar-refractivity contribution is 5.90. The number of pyridine rings is 1. The highest BCUT2D eigenvalue weighted by Crippen LogP contribution is 2.22. The van der Waals surface area contributed by atoms with Crippen LogP contribution in [0, 0.1) is 0 Å². The van der Waals surface area contributed by atoms with Gasteiger partial charge in [0.05, 0.1) is 5.69 Å². The standard InChI is InChI=1S/C27H45N3O5/c1-3-4-5-6-7-8-9-10-11-12-13-14-15-17-23(31)19-21-35-27(34)30(2)26-24(18-16-20-28-26)29-22-25(32)33/h16,18,20,29H,3-15,17,19,21-22H2,1-2H3,(H,32,33). The van der Waals surface area contributed by atoms with Gasteiger partial charge in [-0.15, -0.1) is 0 Å². The number of Topliss-reactive ketones (excluding diaryl/α,β-unsaturated/α-hetero) is 1.